The van der Waals surface area contributed by atoms with Crippen molar-refractivity contribution in [2.45, 2.75) is 45.7 Å². The Hall–Kier alpha value is -2.41. The van der Waals surface area contributed by atoms with Crippen molar-refractivity contribution in [2.24, 2.45) is 11.7 Å². The van der Waals surface area contributed by atoms with Crippen LogP contribution in [0.5, 0.6) is 0 Å². The van der Waals surface area contributed by atoms with Gasteiger partial charge < -0.3 is 21.3 Å². The molecule has 142 valence electrons. The summed E-state index contributed by atoms with van der Waals surface area (Å²) in [4.78, 5) is 37.6. The number of hydrogen-bond acceptors (Lipinski definition) is 4. The smallest absolute Gasteiger partial charge is 0.239 e. The average molecular weight is 360 g/mol. The fourth-order valence-electron chi connectivity index (χ4n) is 2.85. The molecule has 2 rings (SSSR count). The standard InChI is InChI=1S/C19H28N4O3/c1-12(2)18(20)19(26)21-11-16(24)22-13(3)14-6-4-7-15(10-14)23-9-5-8-17(23)25/h4,6-7,10,12-13,18H,5,8-9,11,20H2,1-3H3,(H,21,26)(H,22,24)/t13?,18-/m0/s1. The third-order valence-corrected chi connectivity index (χ3v) is 4.58. The lowest BCUT2D eigenvalue weighted by Gasteiger charge is -2.20. The summed E-state index contributed by atoms with van der Waals surface area (Å²) < 4.78 is 0. The van der Waals surface area contributed by atoms with Gasteiger partial charge in [0, 0.05) is 18.7 Å². The highest BCUT2D eigenvalue weighted by molar-refractivity contribution is 5.95. The minimum absolute atomic E-state index is 0.00743. The molecule has 7 nitrogen and oxygen atoms in total. The highest BCUT2D eigenvalue weighted by Crippen LogP contribution is 2.24. The summed E-state index contributed by atoms with van der Waals surface area (Å²) in [5, 5.41) is 5.40. The Morgan fingerprint density at radius 2 is 2.00 bits per heavy atom. The molecule has 1 unspecified atom stereocenters. The molecule has 1 aromatic rings. The Kier molecular flexibility index (Phi) is 6.74. The summed E-state index contributed by atoms with van der Waals surface area (Å²) in [6.07, 6.45) is 1.45. The maximum Gasteiger partial charge on any atom is 0.239 e. The maximum atomic E-state index is 12.1. The lowest BCUT2D eigenvalue weighted by molar-refractivity contribution is -0.127. The van der Waals surface area contributed by atoms with Crippen LogP contribution in [-0.2, 0) is 14.4 Å². The molecule has 1 aliphatic rings. The van der Waals surface area contributed by atoms with Gasteiger partial charge in [0.15, 0.2) is 0 Å². The molecule has 1 saturated heterocycles. The van der Waals surface area contributed by atoms with Crippen LogP contribution in [0.3, 0.4) is 0 Å². The molecule has 7 heteroatoms. The minimum Gasteiger partial charge on any atom is -0.348 e. The van der Waals surface area contributed by atoms with Crippen LogP contribution in [0, 0.1) is 5.92 Å². The first-order valence-corrected chi connectivity index (χ1v) is 9.02. The van der Waals surface area contributed by atoms with Crippen molar-refractivity contribution in [1.82, 2.24) is 10.6 Å². The number of benzene rings is 1. The molecule has 0 saturated carbocycles. The fraction of sp³-hybridized carbons (Fsp3) is 0.526. The van der Waals surface area contributed by atoms with Crippen molar-refractivity contribution in [3.63, 3.8) is 0 Å². The van der Waals surface area contributed by atoms with Gasteiger partial charge in [-0.2, -0.15) is 0 Å². The summed E-state index contributed by atoms with van der Waals surface area (Å²) in [5.74, 6) is -0.488. The predicted molar refractivity (Wildman–Crippen MR) is 100 cm³/mol. The van der Waals surface area contributed by atoms with Crippen LogP contribution >= 0.6 is 0 Å². The van der Waals surface area contributed by atoms with Gasteiger partial charge in [0.1, 0.15) is 0 Å². The van der Waals surface area contributed by atoms with Crippen LogP contribution < -0.4 is 21.3 Å². The minimum atomic E-state index is -0.630. The van der Waals surface area contributed by atoms with Gasteiger partial charge >= 0.3 is 0 Å². The predicted octanol–water partition coefficient (Wildman–Crippen LogP) is 1.09. The van der Waals surface area contributed by atoms with E-state index in [-0.39, 0.29) is 36.2 Å². The van der Waals surface area contributed by atoms with Crippen molar-refractivity contribution in [1.29, 1.82) is 0 Å². The van der Waals surface area contributed by atoms with Gasteiger partial charge in [0.2, 0.25) is 17.7 Å². The summed E-state index contributed by atoms with van der Waals surface area (Å²) in [6, 6.07) is 6.73. The molecule has 0 aliphatic carbocycles. The third-order valence-electron chi connectivity index (χ3n) is 4.58. The molecule has 4 N–H and O–H groups in total. The Balaban J connectivity index is 1.91. The van der Waals surface area contributed by atoms with E-state index in [2.05, 4.69) is 10.6 Å². The number of anilines is 1. The number of carbonyl (C=O) groups is 3. The van der Waals surface area contributed by atoms with Gasteiger partial charge in [0.05, 0.1) is 18.6 Å². The van der Waals surface area contributed by atoms with E-state index >= 15 is 0 Å². The number of amides is 3. The summed E-state index contributed by atoms with van der Waals surface area (Å²) in [5.41, 5.74) is 7.50. The van der Waals surface area contributed by atoms with Gasteiger partial charge in [0.25, 0.3) is 0 Å². The molecular weight excluding hydrogens is 332 g/mol. The van der Waals surface area contributed by atoms with E-state index in [1.807, 2.05) is 45.0 Å². The molecule has 26 heavy (non-hydrogen) atoms. The molecular formula is C19H28N4O3. The molecule has 0 radical (unpaired) electrons. The summed E-state index contributed by atoms with van der Waals surface area (Å²) in [6.45, 7) is 6.18. The second-order valence-corrected chi connectivity index (χ2v) is 7.02. The number of nitrogens with two attached hydrogens (primary N) is 1. The van der Waals surface area contributed by atoms with Crippen molar-refractivity contribution in [3.05, 3.63) is 29.8 Å². The van der Waals surface area contributed by atoms with Gasteiger partial charge in [-0.15, -0.1) is 0 Å². The highest BCUT2D eigenvalue weighted by atomic mass is 16.2. The zero-order valence-corrected chi connectivity index (χ0v) is 15.6. The molecule has 1 aliphatic heterocycles. The van der Waals surface area contributed by atoms with Gasteiger partial charge in [-0.3, -0.25) is 14.4 Å². The lowest BCUT2D eigenvalue weighted by Crippen LogP contribution is -2.47. The first-order chi connectivity index (χ1) is 12.3. The number of hydrogen-bond donors (Lipinski definition) is 3. The zero-order chi connectivity index (χ0) is 19.3. The summed E-state index contributed by atoms with van der Waals surface area (Å²) in [7, 11) is 0. The van der Waals surface area contributed by atoms with Crippen molar-refractivity contribution in [3.8, 4) is 0 Å². The molecule has 0 bridgehead atoms. The molecule has 1 aromatic carbocycles. The second kappa shape index (κ2) is 8.80. The van der Waals surface area contributed by atoms with E-state index in [9.17, 15) is 14.4 Å². The van der Waals surface area contributed by atoms with E-state index in [1.54, 1.807) is 4.90 Å². The zero-order valence-electron chi connectivity index (χ0n) is 15.6. The highest BCUT2D eigenvalue weighted by Gasteiger charge is 2.22. The fourth-order valence-corrected chi connectivity index (χ4v) is 2.85. The third kappa shape index (κ3) is 5.05. The molecule has 0 aromatic heterocycles. The number of nitrogens with one attached hydrogen (secondary N) is 2. The van der Waals surface area contributed by atoms with E-state index in [1.165, 1.54) is 0 Å². The number of rotatable bonds is 7. The molecule has 1 heterocycles. The molecule has 2 atom stereocenters. The first kappa shape index (κ1) is 19.9. The second-order valence-electron chi connectivity index (χ2n) is 7.02. The van der Waals surface area contributed by atoms with Crippen molar-refractivity contribution in [2.75, 3.05) is 18.0 Å². The Morgan fingerprint density at radius 1 is 1.27 bits per heavy atom. The lowest BCUT2D eigenvalue weighted by atomic mass is 10.1. The number of carbonyl (C=O) groups excluding carboxylic acids is 3. The van der Waals surface area contributed by atoms with E-state index < -0.39 is 6.04 Å². The number of nitrogens with zero attached hydrogens (tertiary/aromatic N) is 1. The Morgan fingerprint density at radius 3 is 2.62 bits per heavy atom. The first-order valence-electron chi connectivity index (χ1n) is 9.02. The molecule has 3 amide bonds. The van der Waals surface area contributed by atoms with Crippen molar-refractivity contribution < 1.29 is 14.4 Å². The Labute approximate surface area is 154 Å². The quantitative estimate of drug-likeness (QED) is 0.677. The average Bonchev–Trinajstić information content (AvgIpc) is 3.05. The van der Waals surface area contributed by atoms with Crippen molar-refractivity contribution >= 4 is 23.4 Å². The van der Waals surface area contributed by atoms with Crippen LogP contribution in [-0.4, -0.2) is 36.9 Å². The normalized spacial score (nSPS) is 16.5. The Bertz CT molecular complexity index is 675. The molecule has 0 spiro atoms. The van der Waals surface area contributed by atoms with Crippen LogP contribution in [0.25, 0.3) is 0 Å². The van der Waals surface area contributed by atoms with Crippen LogP contribution in [0.1, 0.15) is 45.2 Å². The van der Waals surface area contributed by atoms with Gasteiger partial charge in [-0.1, -0.05) is 26.0 Å². The van der Waals surface area contributed by atoms with Crippen LogP contribution in [0.2, 0.25) is 0 Å². The maximum absolute atomic E-state index is 12.1. The van der Waals surface area contributed by atoms with E-state index in [0.29, 0.717) is 6.42 Å². The van der Waals surface area contributed by atoms with Crippen LogP contribution in [0.4, 0.5) is 5.69 Å². The van der Waals surface area contributed by atoms with E-state index in [0.717, 1.165) is 24.2 Å². The van der Waals surface area contributed by atoms with E-state index in [4.69, 9.17) is 5.73 Å². The SMILES string of the molecule is CC(NC(=O)CNC(=O)[C@@H](N)C(C)C)c1cccc(N2CCCC2=O)c1. The van der Waals surface area contributed by atoms with Gasteiger partial charge in [-0.05, 0) is 37.0 Å². The summed E-state index contributed by atoms with van der Waals surface area (Å²) >= 11 is 0. The molecule has 1 fully saturated rings. The monoisotopic (exact) mass is 360 g/mol. The van der Waals surface area contributed by atoms with Gasteiger partial charge in [-0.25, -0.2) is 0 Å². The van der Waals surface area contributed by atoms with Crippen LogP contribution in [0.15, 0.2) is 24.3 Å². The largest absolute Gasteiger partial charge is 0.348 e. The topological polar surface area (TPSA) is 105 Å².